The lowest BCUT2D eigenvalue weighted by Gasteiger charge is -2.20. The summed E-state index contributed by atoms with van der Waals surface area (Å²) in [5.74, 6) is 0.614. The van der Waals surface area contributed by atoms with Crippen LogP contribution < -0.4 is 14.1 Å². The van der Waals surface area contributed by atoms with E-state index in [1.807, 2.05) is 24.3 Å². The minimum Gasteiger partial charge on any atom is -0.497 e. The van der Waals surface area contributed by atoms with Crippen LogP contribution >= 0.6 is 0 Å². The topological polar surface area (TPSA) is 111 Å². The number of hydrogen-bond donors (Lipinski definition) is 1. The van der Waals surface area contributed by atoms with Crippen molar-refractivity contribution in [2.75, 3.05) is 7.11 Å². The average Bonchev–Trinajstić information content (AvgIpc) is 3.06. The Morgan fingerprint density at radius 3 is 2.48 bits per heavy atom. The number of ether oxygens (including phenoxy) is 1. The number of carbonyl (C=O) groups is 1. The third-order valence-electron chi connectivity index (χ3n) is 4.11. The Morgan fingerprint density at radius 2 is 1.89 bits per heavy atom. The summed E-state index contributed by atoms with van der Waals surface area (Å²) in [5, 5.41) is 10.8. The molecule has 8 nitrogen and oxygen atoms in total. The molecule has 0 aromatic heterocycles. The summed E-state index contributed by atoms with van der Waals surface area (Å²) in [5.41, 5.74) is 2.21. The minimum atomic E-state index is -4.12. The van der Waals surface area contributed by atoms with Crippen LogP contribution in [0.25, 0.3) is 0 Å². The normalized spacial score (nSPS) is 16.8. The van der Waals surface area contributed by atoms with Crippen LogP contribution in [0.3, 0.4) is 0 Å². The average molecular weight is 389 g/mol. The largest absolute Gasteiger partial charge is 0.497 e. The van der Waals surface area contributed by atoms with E-state index in [0.717, 1.165) is 11.3 Å². The summed E-state index contributed by atoms with van der Waals surface area (Å²) in [6.45, 7) is 1.45. The molecule has 1 atom stereocenters. The second-order valence-electron chi connectivity index (χ2n) is 6.01. The standard InChI is InChI=1S/C18H19N3O5S/c1-12(22)21-18(13-6-8-15(25-2)9-7-13)11-17(20-21)14-4-3-5-16(10-14)26-27(19,23)24/h3-10,18H,11H2,1-2H3,(H2,19,23,24). The Morgan fingerprint density at radius 1 is 1.19 bits per heavy atom. The number of methoxy groups -OCH3 is 1. The van der Waals surface area contributed by atoms with Gasteiger partial charge in [-0.05, 0) is 29.8 Å². The van der Waals surface area contributed by atoms with Gasteiger partial charge in [0, 0.05) is 18.9 Å². The van der Waals surface area contributed by atoms with Crippen molar-refractivity contribution in [3.63, 3.8) is 0 Å². The van der Waals surface area contributed by atoms with Gasteiger partial charge in [0.15, 0.2) is 0 Å². The zero-order valence-corrected chi connectivity index (χ0v) is 15.6. The lowest BCUT2D eigenvalue weighted by Crippen LogP contribution is -2.24. The van der Waals surface area contributed by atoms with E-state index in [2.05, 4.69) is 5.10 Å². The molecule has 27 heavy (non-hydrogen) atoms. The first-order valence-electron chi connectivity index (χ1n) is 8.10. The number of rotatable bonds is 5. The van der Waals surface area contributed by atoms with E-state index in [0.29, 0.717) is 17.7 Å². The molecule has 0 saturated carbocycles. The lowest BCUT2D eigenvalue weighted by molar-refractivity contribution is -0.130. The second kappa shape index (κ2) is 7.37. The maximum Gasteiger partial charge on any atom is 0.380 e. The third-order valence-corrected chi connectivity index (χ3v) is 4.54. The fourth-order valence-electron chi connectivity index (χ4n) is 2.92. The Labute approximate surface area is 157 Å². The molecule has 1 heterocycles. The fourth-order valence-corrected chi connectivity index (χ4v) is 3.29. The van der Waals surface area contributed by atoms with Crippen molar-refractivity contribution in [2.45, 2.75) is 19.4 Å². The van der Waals surface area contributed by atoms with Gasteiger partial charge >= 0.3 is 10.3 Å². The van der Waals surface area contributed by atoms with Crippen LogP contribution in [0.2, 0.25) is 0 Å². The van der Waals surface area contributed by atoms with Crippen LogP contribution in [0.4, 0.5) is 0 Å². The Balaban J connectivity index is 1.90. The number of nitrogens with zero attached hydrogens (tertiary/aromatic N) is 2. The third kappa shape index (κ3) is 4.44. The molecule has 1 amide bonds. The maximum atomic E-state index is 12.1. The number of nitrogens with two attached hydrogens (primary N) is 1. The molecule has 0 fully saturated rings. The summed E-state index contributed by atoms with van der Waals surface area (Å²) in [6.07, 6.45) is 0.477. The Kier molecular flexibility index (Phi) is 5.15. The molecule has 0 spiro atoms. The minimum absolute atomic E-state index is 0.0833. The Bertz CT molecular complexity index is 986. The van der Waals surface area contributed by atoms with Gasteiger partial charge in [-0.2, -0.15) is 18.7 Å². The first-order chi connectivity index (χ1) is 12.8. The van der Waals surface area contributed by atoms with Crippen molar-refractivity contribution in [1.82, 2.24) is 5.01 Å². The predicted molar refractivity (Wildman–Crippen MR) is 99.6 cm³/mol. The zero-order chi connectivity index (χ0) is 19.6. The van der Waals surface area contributed by atoms with Gasteiger partial charge in [-0.25, -0.2) is 5.01 Å². The van der Waals surface area contributed by atoms with E-state index in [1.165, 1.54) is 24.1 Å². The quantitative estimate of drug-likeness (QED) is 0.840. The zero-order valence-electron chi connectivity index (χ0n) is 14.8. The lowest BCUT2D eigenvalue weighted by atomic mass is 9.98. The summed E-state index contributed by atoms with van der Waals surface area (Å²) in [4.78, 5) is 12.1. The van der Waals surface area contributed by atoms with Gasteiger partial charge in [0.2, 0.25) is 5.91 Å². The van der Waals surface area contributed by atoms with Crippen LogP contribution in [-0.2, 0) is 15.1 Å². The molecule has 0 saturated heterocycles. The van der Waals surface area contributed by atoms with Crippen molar-refractivity contribution < 1.29 is 22.1 Å². The Hall–Kier alpha value is -2.91. The molecule has 0 radical (unpaired) electrons. The van der Waals surface area contributed by atoms with E-state index < -0.39 is 10.3 Å². The smallest absolute Gasteiger partial charge is 0.380 e. The van der Waals surface area contributed by atoms with Crippen molar-refractivity contribution in [3.05, 3.63) is 59.7 Å². The summed E-state index contributed by atoms with van der Waals surface area (Å²) < 4.78 is 32.1. The van der Waals surface area contributed by atoms with Gasteiger partial charge in [0.25, 0.3) is 0 Å². The number of hydrogen-bond acceptors (Lipinski definition) is 6. The highest BCUT2D eigenvalue weighted by molar-refractivity contribution is 7.84. The highest BCUT2D eigenvalue weighted by Gasteiger charge is 2.31. The summed E-state index contributed by atoms with van der Waals surface area (Å²) >= 11 is 0. The fraction of sp³-hybridized carbons (Fsp3) is 0.222. The molecule has 2 aromatic carbocycles. The van der Waals surface area contributed by atoms with Crippen LogP contribution in [0.15, 0.2) is 53.6 Å². The molecule has 1 unspecified atom stereocenters. The SMILES string of the molecule is COc1ccc(C2CC(c3cccc(OS(N)(=O)=O)c3)=NN2C(C)=O)cc1. The van der Waals surface area contributed by atoms with Gasteiger partial charge in [0.1, 0.15) is 11.5 Å². The number of carbonyl (C=O) groups excluding carboxylic acids is 1. The van der Waals surface area contributed by atoms with Crippen LogP contribution in [0.5, 0.6) is 11.5 Å². The molecule has 1 aliphatic heterocycles. The monoisotopic (exact) mass is 389 g/mol. The summed E-state index contributed by atoms with van der Waals surface area (Å²) in [7, 11) is -2.53. The van der Waals surface area contributed by atoms with Crippen LogP contribution in [0.1, 0.15) is 30.5 Å². The molecule has 9 heteroatoms. The summed E-state index contributed by atoms with van der Waals surface area (Å²) in [6, 6.07) is 13.6. The van der Waals surface area contributed by atoms with Gasteiger partial charge in [-0.3, -0.25) is 4.79 Å². The van der Waals surface area contributed by atoms with E-state index in [4.69, 9.17) is 14.1 Å². The molecule has 1 aliphatic rings. The van der Waals surface area contributed by atoms with Gasteiger partial charge in [-0.15, -0.1) is 0 Å². The molecular formula is C18H19N3O5S. The van der Waals surface area contributed by atoms with Gasteiger partial charge < -0.3 is 8.92 Å². The molecule has 2 aromatic rings. The maximum absolute atomic E-state index is 12.1. The molecule has 0 bridgehead atoms. The first-order valence-corrected chi connectivity index (χ1v) is 9.58. The number of amides is 1. The van der Waals surface area contributed by atoms with E-state index >= 15 is 0 Å². The van der Waals surface area contributed by atoms with Crippen LogP contribution in [0, 0.1) is 0 Å². The van der Waals surface area contributed by atoms with Crippen molar-refractivity contribution >= 4 is 21.9 Å². The molecule has 142 valence electrons. The van der Waals surface area contributed by atoms with Crippen molar-refractivity contribution in [1.29, 1.82) is 0 Å². The van der Waals surface area contributed by atoms with Crippen molar-refractivity contribution in [3.8, 4) is 11.5 Å². The highest BCUT2D eigenvalue weighted by atomic mass is 32.2. The second-order valence-corrected chi connectivity index (χ2v) is 7.16. The molecule has 3 rings (SSSR count). The number of benzene rings is 2. The molecular weight excluding hydrogens is 370 g/mol. The predicted octanol–water partition coefficient (Wildman–Crippen LogP) is 1.98. The number of hydrazone groups is 1. The van der Waals surface area contributed by atoms with E-state index in [1.54, 1.807) is 19.2 Å². The molecule has 0 aliphatic carbocycles. The first kappa shape index (κ1) is 18.9. The van der Waals surface area contributed by atoms with E-state index in [-0.39, 0.29) is 17.7 Å². The van der Waals surface area contributed by atoms with Crippen LogP contribution in [-0.4, -0.2) is 32.2 Å². The van der Waals surface area contributed by atoms with Crippen molar-refractivity contribution in [2.24, 2.45) is 10.2 Å². The molecule has 2 N–H and O–H groups in total. The van der Waals surface area contributed by atoms with Gasteiger partial charge in [-0.1, -0.05) is 24.3 Å². The highest BCUT2D eigenvalue weighted by Crippen LogP contribution is 2.34. The van der Waals surface area contributed by atoms with Gasteiger partial charge in [0.05, 0.1) is 18.9 Å². The van der Waals surface area contributed by atoms with E-state index in [9.17, 15) is 13.2 Å².